The maximum atomic E-state index is 13.5. The van der Waals surface area contributed by atoms with E-state index < -0.39 is 5.41 Å². The summed E-state index contributed by atoms with van der Waals surface area (Å²) >= 11 is 4.60. The first-order valence-electron chi connectivity index (χ1n) is 7.88. The van der Waals surface area contributed by atoms with Gasteiger partial charge in [0, 0.05) is 18.8 Å². The van der Waals surface area contributed by atoms with Gasteiger partial charge in [0.25, 0.3) is 0 Å². The quantitative estimate of drug-likeness (QED) is 0.875. The van der Waals surface area contributed by atoms with Gasteiger partial charge in [0.2, 0.25) is 5.91 Å². The lowest BCUT2D eigenvalue weighted by Gasteiger charge is -2.38. The Morgan fingerprint density at radius 1 is 0.957 bits per heavy atom. The highest BCUT2D eigenvalue weighted by Crippen LogP contribution is 2.36. The van der Waals surface area contributed by atoms with Gasteiger partial charge in [-0.25, -0.2) is 0 Å². The van der Waals surface area contributed by atoms with Crippen LogP contribution in [0.25, 0.3) is 0 Å². The molecule has 120 valence electrons. The summed E-state index contributed by atoms with van der Waals surface area (Å²) in [4.78, 5) is 15.4. The first-order chi connectivity index (χ1) is 11.3. The van der Waals surface area contributed by atoms with E-state index in [9.17, 15) is 4.79 Å². The minimum atomic E-state index is -0.761. The first kappa shape index (κ1) is 16.1. The number of amides is 1. The minimum Gasteiger partial charge on any atom is -0.378 e. The van der Waals surface area contributed by atoms with Gasteiger partial charge in [-0.3, -0.25) is 4.79 Å². The summed E-state index contributed by atoms with van der Waals surface area (Å²) in [7, 11) is 0. The van der Waals surface area contributed by atoms with Gasteiger partial charge in [0.05, 0.1) is 13.2 Å². The molecule has 1 heterocycles. The monoisotopic (exact) mass is 327 g/mol. The number of benzene rings is 2. The van der Waals surface area contributed by atoms with E-state index in [2.05, 4.69) is 12.6 Å². The Hall–Kier alpha value is -1.78. The number of rotatable bonds is 4. The molecular formula is C19H21NO2S. The summed E-state index contributed by atoms with van der Waals surface area (Å²) < 4.78 is 5.39. The normalized spacial score (nSPS) is 15.4. The van der Waals surface area contributed by atoms with Gasteiger partial charge in [-0.05, 0) is 11.1 Å². The second-order valence-electron chi connectivity index (χ2n) is 5.70. The molecule has 0 radical (unpaired) electrons. The van der Waals surface area contributed by atoms with Crippen molar-refractivity contribution >= 4 is 18.5 Å². The molecule has 3 nitrogen and oxygen atoms in total. The number of hydrogen-bond acceptors (Lipinski definition) is 3. The van der Waals surface area contributed by atoms with E-state index in [0.717, 1.165) is 11.1 Å². The van der Waals surface area contributed by atoms with Crippen LogP contribution in [0.4, 0.5) is 0 Å². The Bertz CT molecular complexity index is 599. The van der Waals surface area contributed by atoms with Crippen LogP contribution in [0.5, 0.6) is 0 Å². The van der Waals surface area contributed by atoms with Gasteiger partial charge in [-0.2, -0.15) is 12.6 Å². The predicted molar refractivity (Wildman–Crippen MR) is 94.9 cm³/mol. The summed E-state index contributed by atoms with van der Waals surface area (Å²) in [6.45, 7) is 2.46. The Balaban J connectivity index is 2.11. The van der Waals surface area contributed by atoms with Crippen LogP contribution in [-0.4, -0.2) is 42.9 Å². The van der Waals surface area contributed by atoms with Gasteiger partial charge in [0.15, 0.2) is 0 Å². The minimum absolute atomic E-state index is 0.105. The first-order valence-corrected chi connectivity index (χ1v) is 8.51. The molecule has 1 amide bonds. The molecule has 0 aromatic heterocycles. The number of ether oxygens (including phenoxy) is 1. The smallest absolute Gasteiger partial charge is 0.238 e. The lowest BCUT2D eigenvalue weighted by atomic mass is 9.74. The second-order valence-corrected chi connectivity index (χ2v) is 6.02. The Kier molecular flexibility index (Phi) is 5.03. The fraction of sp³-hybridized carbons (Fsp3) is 0.316. The van der Waals surface area contributed by atoms with E-state index in [1.807, 2.05) is 65.6 Å². The van der Waals surface area contributed by atoms with Crippen molar-refractivity contribution < 1.29 is 9.53 Å². The van der Waals surface area contributed by atoms with Crippen LogP contribution >= 0.6 is 12.6 Å². The third-order valence-corrected chi connectivity index (χ3v) is 4.91. The number of hydrogen-bond donors (Lipinski definition) is 1. The maximum Gasteiger partial charge on any atom is 0.238 e. The van der Waals surface area contributed by atoms with Gasteiger partial charge in [-0.1, -0.05) is 60.7 Å². The molecule has 0 spiro atoms. The van der Waals surface area contributed by atoms with Crippen LogP contribution in [-0.2, 0) is 14.9 Å². The third-order valence-electron chi connectivity index (χ3n) is 4.43. The molecule has 2 aromatic rings. The van der Waals surface area contributed by atoms with Gasteiger partial charge >= 0.3 is 0 Å². The Morgan fingerprint density at radius 2 is 1.43 bits per heavy atom. The highest BCUT2D eigenvalue weighted by Gasteiger charge is 2.43. The number of morpholine rings is 1. The lowest BCUT2D eigenvalue weighted by Crippen LogP contribution is -2.52. The van der Waals surface area contributed by atoms with E-state index in [1.165, 1.54) is 0 Å². The molecular weight excluding hydrogens is 306 g/mol. The highest BCUT2D eigenvalue weighted by atomic mass is 32.1. The Labute approximate surface area is 142 Å². The highest BCUT2D eigenvalue weighted by molar-refractivity contribution is 7.80. The zero-order chi connectivity index (χ0) is 16.1. The average Bonchev–Trinajstić information content (AvgIpc) is 2.65. The molecule has 0 aliphatic carbocycles. The Morgan fingerprint density at radius 3 is 1.87 bits per heavy atom. The standard InChI is InChI=1S/C19H21NO2S/c21-18(20-11-13-22-14-12-20)19(15-23,16-7-3-1-4-8-16)17-9-5-2-6-10-17/h1-10,23H,11-15H2. The van der Waals surface area contributed by atoms with E-state index in [1.54, 1.807) is 0 Å². The molecule has 0 saturated carbocycles. The number of carbonyl (C=O) groups excluding carboxylic acids is 1. The summed E-state index contributed by atoms with van der Waals surface area (Å²) in [5, 5.41) is 0. The molecule has 1 fully saturated rings. The van der Waals surface area contributed by atoms with Crippen LogP contribution in [0, 0.1) is 0 Å². The fourth-order valence-corrected chi connectivity index (χ4v) is 3.65. The molecule has 0 unspecified atom stereocenters. The van der Waals surface area contributed by atoms with Crippen LogP contribution < -0.4 is 0 Å². The van der Waals surface area contributed by atoms with E-state index in [0.29, 0.717) is 32.1 Å². The number of thiol groups is 1. The van der Waals surface area contributed by atoms with Crippen molar-refractivity contribution in [3.8, 4) is 0 Å². The molecule has 1 aliphatic heterocycles. The van der Waals surface area contributed by atoms with Crippen molar-refractivity contribution in [2.45, 2.75) is 5.41 Å². The van der Waals surface area contributed by atoms with E-state index in [4.69, 9.17) is 4.74 Å². The zero-order valence-electron chi connectivity index (χ0n) is 13.0. The SMILES string of the molecule is O=C(N1CCOCC1)C(CS)(c1ccccc1)c1ccccc1. The zero-order valence-corrected chi connectivity index (χ0v) is 13.9. The van der Waals surface area contributed by atoms with Crippen LogP contribution in [0.1, 0.15) is 11.1 Å². The van der Waals surface area contributed by atoms with E-state index >= 15 is 0 Å². The number of nitrogens with zero attached hydrogens (tertiary/aromatic N) is 1. The summed E-state index contributed by atoms with van der Waals surface area (Å²) in [5.74, 6) is 0.533. The molecule has 0 atom stereocenters. The van der Waals surface area contributed by atoms with Gasteiger partial charge in [-0.15, -0.1) is 0 Å². The molecule has 0 N–H and O–H groups in total. The molecule has 0 bridgehead atoms. The van der Waals surface area contributed by atoms with Crippen LogP contribution in [0.15, 0.2) is 60.7 Å². The average molecular weight is 327 g/mol. The van der Waals surface area contributed by atoms with Crippen molar-refractivity contribution in [1.29, 1.82) is 0 Å². The molecule has 23 heavy (non-hydrogen) atoms. The van der Waals surface area contributed by atoms with E-state index in [-0.39, 0.29) is 5.91 Å². The number of carbonyl (C=O) groups is 1. The molecule has 1 aliphatic rings. The maximum absolute atomic E-state index is 13.5. The van der Waals surface area contributed by atoms with Crippen LogP contribution in [0.2, 0.25) is 0 Å². The van der Waals surface area contributed by atoms with Crippen molar-refractivity contribution in [2.75, 3.05) is 32.1 Å². The van der Waals surface area contributed by atoms with Crippen molar-refractivity contribution in [2.24, 2.45) is 0 Å². The summed E-state index contributed by atoms with van der Waals surface area (Å²) in [5.41, 5.74) is 1.21. The largest absolute Gasteiger partial charge is 0.378 e. The lowest BCUT2D eigenvalue weighted by molar-refractivity contribution is -0.139. The second kappa shape index (κ2) is 7.20. The van der Waals surface area contributed by atoms with Crippen molar-refractivity contribution in [3.05, 3.63) is 71.8 Å². The van der Waals surface area contributed by atoms with Gasteiger partial charge < -0.3 is 9.64 Å². The fourth-order valence-electron chi connectivity index (χ4n) is 3.15. The summed E-state index contributed by atoms with van der Waals surface area (Å²) in [6.07, 6.45) is 0. The molecule has 1 saturated heterocycles. The third kappa shape index (κ3) is 3.01. The topological polar surface area (TPSA) is 29.5 Å². The van der Waals surface area contributed by atoms with Crippen molar-refractivity contribution in [1.82, 2.24) is 4.90 Å². The predicted octanol–water partition coefficient (Wildman–Crippen LogP) is 2.76. The summed E-state index contributed by atoms with van der Waals surface area (Å²) in [6, 6.07) is 19.9. The van der Waals surface area contributed by atoms with Gasteiger partial charge in [0.1, 0.15) is 5.41 Å². The van der Waals surface area contributed by atoms with Crippen LogP contribution in [0.3, 0.4) is 0 Å². The molecule has 4 heteroatoms. The molecule has 3 rings (SSSR count). The van der Waals surface area contributed by atoms with Crippen molar-refractivity contribution in [3.63, 3.8) is 0 Å². The molecule has 2 aromatic carbocycles.